The van der Waals surface area contributed by atoms with Gasteiger partial charge in [0, 0.05) is 35.7 Å². The number of benzene rings is 1. The number of thiazole rings is 1. The Balaban J connectivity index is 1.52. The second-order valence-corrected chi connectivity index (χ2v) is 7.40. The molecule has 1 atom stereocenters. The molecular formula is C16H19N3OS2. The van der Waals surface area contributed by atoms with Crippen LogP contribution in [0.15, 0.2) is 40.6 Å². The summed E-state index contributed by atoms with van der Waals surface area (Å²) in [5.41, 5.74) is 6.10. The molecule has 6 heteroatoms. The molecule has 1 fully saturated rings. The van der Waals surface area contributed by atoms with Crippen LogP contribution in [-0.4, -0.2) is 34.6 Å². The maximum absolute atomic E-state index is 12.4. The van der Waals surface area contributed by atoms with E-state index in [1.807, 2.05) is 28.1 Å². The summed E-state index contributed by atoms with van der Waals surface area (Å²) in [6, 6.07) is 10.4. The van der Waals surface area contributed by atoms with E-state index in [9.17, 15) is 4.79 Å². The number of nitrogens with two attached hydrogens (primary N) is 1. The smallest absolute Gasteiger partial charge is 0.273 e. The van der Waals surface area contributed by atoms with Crippen LogP contribution in [0.25, 0.3) is 0 Å². The van der Waals surface area contributed by atoms with Gasteiger partial charge >= 0.3 is 0 Å². The highest BCUT2D eigenvalue weighted by atomic mass is 32.2. The van der Waals surface area contributed by atoms with Gasteiger partial charge in [0.15, 0.2) is 0 Å². The number of thioether (sulfide) groups is 1. The van der Waals surface area contributed by atoms with E-state index in [0.717, 1.165) is 30.3 Å². The van der Waals surface area contributed by atoms with Gasteiger partial charge in [-0.25, -0.2) is 4.98 Å². The highest BCUT2D eigenvalue weighted by molar-refractivity contribution is 7.99. The molecule has 1 aromatic heterocycles. The summed E-state index contributed by atoms with van der Waals surface area (Å²) in [5, 5.41) is 2.63. The minimum absolute atomic E-state index is 0.0446. The van der Waals surface area contributed by atoms with E-state index in [2.05, 4.69) is 29.2 Å². The maximum Gasteiger partial charge on any atom is 0.273 e. The van der Waals surface area contributed by atoms with Crippen molar-refractivity contribution < 1.29 is 4.79 Å². The summed E-state index contributed by atoms with van der Waals surface area (Å²) >= 11 is 3.32. The lowest BCUT2D eigenvalue weighted by atomic mass is 10.2. The van der Waals surface area contributed by atoms with E-state index in [4.69, 9.17) is 5.73 Å². The Morgan fingerprint density at radius 1 is 1.41 bits per heavy atom. The molecule has 3 rings (SSSR count). The molecule has 1 aliphatic heterocycles. The van der Waals surface area contributed by atoms with Crippen LogP contribution in [0.4, 0.5) is 0 Å². The number of hydrogen-bond acceptors (Lipinski definition) is 5. The first-order valence-corrected chi connectivity index (χ1v) is 9.24. The van der Waals surface area contributed by atoms with Crippen LogP contribution in [0.1, 0.15) is 21.9 Å². The van der Waals surface area contributed by atoms with Crippen molar-refractivity contribution in [3.05, 3.63) is 46.4 Å². The van der Waals surface area contributed by atoms with Crippen LogP contribution in [0.5, 0.6) is 0 Å². The Bertz CT molecular complexity index is 629. The van der Waals surface area contributed by atoms with Crippen LogP contribution in [0.2, 0.25) is 0 Å². The lowest BCUT2D eigenvalue weighted by Gasteiger charge is -2.15. The minimum Gasteiger partial charge on any atom is -0.337 e. The fourth-order valence-electron chi connectivity index (χ4n) is 2.55. The Kier molecular flexibility index (Phi) is 5.12. The molecular weight excluding hydrogens is 314 g/mol. The lowest BCUT2D eigenvalue weighted by molar-refractivity contribution is 0.0783. The summed E-state index contributed by atoms with van der Waals surface area (Å²) in [6.45, 7) is 2.05. The third kappa shape index (κ3) is 3.69. The zero-order valence-corrected chi connectivity index (χ0v) is 13.9. The molecule has 0 radical (unpaired) electrons. The summed E-state index contributed by atoms with van der Waals surface area (Å²) in [5.74, 6) is 1.66. The van der Waals surface area contributed by atoms with Crippen LogP contribution < -0.4 is 5.73 Å². The highest BCUT2D eigenvalue weighted by Crippen LogP contribution is 2.26. The van der Waals surface area contributed by atoms with Gasteiger partial charge in [-0.1, -0.05) is 18.2 Å². The molecule has 0 aliphatic carbocycles. The van der Waals surface area contributed by atoms with E-state index in [0.29, 0.717) is 18.2 Å². The largest absolute Gasteiger partial charge is 0.337 e. The second kappa shape index (κ2) is 7.26. The normalized spacial score (nSPS) is 17.9. The molecule has 0 spiro atoms. The molecule has 1 amide bonds. The number of aromatic nitrogens is 1. The number of amides is 1. The molecule has 1 aliphatic rings. The maximum atomic E-state index is 12.4. The van der Waals surface area contributed by atoms with Gasteiger partial charge < -0.3 is 10.6 Å². The average Bonchev–Trinajstić information content (AvgIpc) is 3.22. The van der Waals surface area contributed by atoms with E-state index in [1.165, 1.54) is 16.2 Å². The summed E-state index contributed by atoms with van der Waals surface area (Å²) in [7, 11) is 0. The van der Waals surface area contributed by atoms with Crippen molar-refractivity contribution >= 4 is 29.0 Å². The van der Waals surface area contributed by atoms with Crippen molar-refractivity contribution in [3.63, 3.8) is 0 Å². The summed E-state index contributed by atoms with van der Waals surface area (Å²) in [4.78, 5) is 19.9. The molecule has 22 heavy (non-hydrogen) atoms. The monoisotopic (exact) mass is 333 g/mol. The van der Waals surface area contributed by atoms with Crippen LogP contribution in [0, 0.1) is 5.92 Å². The van der Waals surface area contributed by atoms with Gasteiger partial charge in [0.05, 0.1) is 0 Å². The van der Waals surface area contributed by atoms with Gasteiger partial charge in [0.2, 0.25) is 0 Å². The molecule has 1 saturated heterocycles. The van der Waals surface area contributed by atoms with Gasteiger partial charge in [-0.3, -0.25) is 4.79 Å². The average molecular weight is 333 g/mol. The highest BCUT2D eigenvalue weighted by Gasteiger charge is 2.28. The first-order chi connectivity index (χ1) is 10.8. The SMILES string of the molecule is NCc1nc(C(=O)N2CCC(CSc3ccccc3)C2)cs1. The van der Waals surface area contributed by atoms with Crippen molar-refractivity contribution in [1.82, 2.24) is 9.88 Å². The zero-order valence-electron chi connectivity index (χ0n) is 12.3. The first kappa shape index (κ1) is 15.5. The molecule has 116 valence electrons. The predicted molar refractivity (Wildman–Crippen MR) is 91.2 cm³/mol. The molecule has 2 heterocycles. The Morgan fingerprint density at radius 2 is 2.23 bits per heavy atom. The molecule has 4 nitrogen and oxygen atoms in total. The number of carbonyl (C=O) groups excluding carboxylic acids is 1. The molecule has 0 bridgehead atoms. The van der Waals surface area contributed by atoms with E-state index in [-0.39, 0.29) is 5.91 Å². The fourth-order valence-corrected chi connectivity index (χ4v) is 4.25. The third-order valence-corrected chi connectivity index (χ3v) is 5.86. The molecule has 2 N–H and O–H groups in total. The molecule has 0 saturated carbocycles. The van der Waals surface area contributed by atoms with Crippen LogP contribution in [-0.2, 0) is 6.54 Å². The van der Waals surface area contributed by atoms with Crippen molar-refractivity contribution in [1.29, 1.82) is 0 Å². The van der Waals surface area contributed by atoms with E-state index < -0.39 is 0 Å². The Hall–Kier alpha value is -1.37. The lowest BCUT2D eigenvalue weighted by Crippen LogP contribution is -2.29. The van der Waals surface area contributed by atoms with Gasteiger partial charge in [-0.15, -0.1) is 23.1 Å². The van der Waals surface area contributed by atoms with Crippen molar-refractivity contribution in [3.8, 4) is 0 Å². The summed E-state index contributed by atoms with van der Waals surface area (Å²) < 4.78 is 0. The second-order valence-electron chi connectivity index (χ2n) is 5.36. The van der Waals surface area contributed by atoms with Gasteiger partial charge in [0.25, 0.3) is 5.91 Å². The van der Waals surface area contributed by atoms with Crippen molar-refractivity contribution in [2.24, 2.45) is 11.7 Å². The molecule has 2 aromatic rings. The van der Waals surface area contributed by atoms with Gasteiger partial charge in [-0.05, 0) is 24.5 Å². The fraction of sp³-hybridized carbons (Fsp3) is 0.375. The zero-order chi connectivity index (χ0) is 15.4. The van der Waals surface area contributed by atoms with Crippen molar-refractivity contribution in [2.45, 2.75) is 17.9 Å². The number of carbonyl (C=O) groups is 1. The standard InChI is InChI=1S/C16H19N3OS2/c17-8-15-18-14(11-22-15)16(20)19-7-6-12(9-19)10-21-13-4-2-1-3-5-13/h1-5,11-12H,6-10,17H2. The van der Waals surface area contributed by atoms with Crippen molar-refractivity contribution in [2.75, 3.05) is 18.8 Å². The van der Waals surface area contributed by atoms with Crippen LogP contribution >= 0.6 is 23.1 Å². The molecule has 1 aromatic carbocycles. The third-order valence-electron chi connectivity index (χ3n) is 3.75. The van der Waals surface area contributed by atoms with Gasteiger partial charge in [0.1, 0.15) is 10.7 Å². The summed E-state index contributed by atoms with van der Waals surface area (Å²) in [6.07, 6.45) is 1.07. The quantitative estimate of drug-likeness (QED) is 0.855. The topological polar surface area (TPSA) is 59.2 Å². The Labute approximate surface area is 138 Å². The number of likely N-dealkylation sites (tertiary alicyclic amines) is 1. The van der Waals surface area contributed by atoms with E-state index >= 15 is 0 Å². The molecule has 1 unspecified atom stereocenters. The number of rotatable bonds is 5. The first-order valence-electron chi connectivity index (χ1n) is 7.38. The Morgan fingerprint density at radius 3 is 2.95 bits per heavy atom. The van der Waals surface area contributed by atoms with Gasteiger partial charge in [-0.2, -0.15) is 0 Å². The van der Waals surface area contributed by atoms with E-state index in [1.54, 1.807) is 0 Å². The predicted octanol–water partition coefficient (Wildman–Crippen LogP) is 2.86. The number of hydrogen-bond donors (Lipinski definition) is 1. The van der Waals surface area contributed by atoms with Crippen LogP contribution in [0.3, 0.4) is 0 Å². The number of nitrogens with zero attached hydrogens (tertiary/aromatic N) is 2. The minimum atomic E-state index is 0.0446.